The second kappa shape index (κ2) is 5.48. The van der Waals surface area contributed by atoms with E-state index in [1.54, 1.807) is 6.33 Å². The maximum absolute atomic E-state index is 6.03. The molecule has 0 unspecified atom stereocenters. The lowest BCUT2D eigenvalue weighted by atomic mass is 9.96. The number of benzene rings is 1. The zero-order valence-corrected chi connectivity index (χ0v) is 12.2. The minimum atomic E-state index is 0.300. The van der Waals surface area contributed by atoms with Gasteiger partial charge in [0, 0.05) is 23.6 Å². The van der Waals surface area contributed by atoms with E-state index in [1.807, 2.05) is 30.5 Å². The molecule has 0 saturated heterocycles. The minimum absolute atomic E-state index is 0.300. The predicted molar refractivity (Wildman–Crippen MR) is 85.1 cm³/mol. The van der Waals surface area contributed by atoms with E-state index in [2.05, 4.69) is 34.9 Å². The van der Waals surface area contributed by atoms with E-state index in [1.165, 1.54) is 5.56 Å². The molecule has 0 aliphatic rings. The number of nitrogens with two attached hydrogens (primary N) is 1. The van der Waals surface area contributed by atoms with Crippen molar-refractivity contribution in [2.45, 2.75) is 26.2 Å². The van der Waals surface area contributed by atoms with Crippen molar-refractivity contribution in [1.82, 2.24) is 15.0 Å². The molecule has 4 heteroatoms. The maximum Gasteiger partial charge on any atom is 0.130 e. The highest BCUT2D eigenvalue weighted by atomic mass is 14.9. The SMILES string of the molecule is CC(C)c1c(N)ncnc1Cc1ccnc2ccccc12. The van der Waals surface area contributed by atoms with Crippen LogP contribution in [0.3, 0.4) is 0 Å². The second-order valence-corrected chi connectivity index (χ2v) is 5.44. The van der Waals surface area contributed by atoms with Gasteiger partial charge in [0.25, 0.3) is 0 Å². The first-order valence-electron chi connectivity index (χ1n) is 7.08. The Balaban J connectivity index is 2.09. The summed E-state index contributed by atoms with van der Waals surface area (Å²) in [5.41, 5.74) is 10.3. The molecule has 21 heavy (non-hydrogen) atoms. The van der Waals surface area contributed by atoms with Crippen LogP contribution in [0, 0.1) is 0 Å². The number of para-hydroxylation sites is 1. The number of anilines is 1. The molecule has 0 saturated carbocycles. The third-order valence-electron chi connectivity index (χ3n) is 3.67. The highest BCUT2D eigenvalue weighted by molar-refractivity contribution is 5.82. The quantitative estimate of drug-likeness (QED) is 0.798. The average Bonchev–Trinajstić information content (AvgIpc) is 2.47. The van der Waals surface area contributed by atoms with Gasteiger partial charge in [0.05, 0.1) is 11.2 Å². The number of nitrogen functional groups attached to an aromatic ring is 1. The van der Waals surface area contributed by atoms with E-state index in [0.717, 1.165) is 28.6 Å². The molecule has 4 nitrogen and oxygen atoms in total. The van der Waals surface area contributed by atoms with Gasteiger partial charge in [-0.15, -0.1) is 0 Å². The molecule has 0 spiro atoms. The zero-order valence-electron chi connectivity index (χ0n) is 12.2. The Morgan fingerprint density at radius 2 is 1.86 bits per heavy atom. The van der Waals surface area contributed by atoms with E-state index in [-0.39, 0.29) is 0 Å². The summed E-state index contributed by atoms with van der Waals surface area (Å²) in [6, 6.07) is 10.2. The summed E-state index contributed by atoms with van der Waals surface area (Å²) in [4.78, 5) is 13.0. The lowest BCUT2D eigenvalue weighted by Gasteiger charge is -2.14. The van der Waals surface area contributed by atoms with Crippen molar-refractivity contribution in [3.8, 4) is 0 Å². The van der Waals surface area contributed by atoms with E-state index in [0.29, 0.717) is 11.7 Å². The number of hydrogen-bond donors (Lipinski definition) is 1. The van der Waals surface area contributed by atoms with Gasteiger partial charge in [-0.05, 0) is 23.6 Å². The third kappa shape index (κ3) is 2.57. The normalized spacial score (nSPS) is 11.2. The van der Waals surface area contributed by atoms with Crippen LogP contribution >= 0.6 is 0 Å². The molecule has 3 rings (SSSR count). The number of nitrogens with zero attached hydrogens (tertiary/aromatic N) is 3. The fourth-order valence-corrected chi connectivity index (χ4v) is 2.71. The van der Waals surface area contributed by atoms with Crippen LogP contribution in [0.15, 0.2) is 42.9 Å². The Morgan fingerprint density at radius 1 is 1.05 bits per heavy atom. The molecule has 0 aliphatic heterocycles. The van der Waals surface area contributed by atoms with E-state index >= 15 is 0 Å². The smallest absolute Gasteiger partial charge is 0.130 e. The second-order valence-electron chi connectivity index (χ2n) is 5.44. The van der Waals surface area contributed by atoms with Crippen LogP contribution in [0.25, 0.3) is 10.9 Å². The van der Waals surface area contributed by atoms with Crippen LogP contribution in [0.4, 0.5) is 5.82 Å². The average molecular weight is 278 g/mol. The molecule has 1 aromatic carbocycles. The molecule has 0 fully saturated rings. The Hall–Kier alpha value is -2.49. The van der Waals surface area contributed by atoms with E-state index < -0.39 is 0 Å². The van der Waals surface area contributed by atoms with Gasteiger partial charge in [-0.2, -0.15) is 0 Å². The molecule has 2 aromatic heterocycles. The predicted octanol–water partition coefficient (Wildman–Crippen LogP) is 3.32. The molecule has 0 radical (unpaired) electrons. The van der Waals surface area contributed by atoms with Crippen molar-refractivity contribution in [1.29, 1.82) is 0 Å². The first kappa shape index (κ1) is 13.5. The first-order valence-corrected chi connectivity index (χ1v) is 7.08. The van der Waals surface area contributed by atoms with Gasteiger partial charge in [-0.25, -0.2) is 9.97 Å². The molecule has 2 N–H and O–H groups in total. The fraction of sp³-hybridized carbons (Fsp3) is 0.235. The van der Waals surface area contributed by atoms with Gasteiger partial charge < -0.3 is 5.73 Å². The molecule has 0 amide bonds. The van der Waals surface area contributed by atoms with Gasteiger partial charge in [0.15, 0.2) is 0 Å². The molecule has 2 heterocycles. The summed E-state index contributed by atoms with van der Waals surface area (Å²) in [7, 11) is 0. The Bertz CT molecular complexity index is 775. The van der Waals surface area contributed by atoms with Crippen molar-refractivity contribution >= 4 is 16.7 Å². The molecular weight excluding hydrogens is 260 g/mol. The van der Waals surface area contributed by atoms with Crippen LogP contribution in [0.5, 0.6) is 0 Å². The van der Waals surface area contributed by atoms with Crippen molar-refractivity contribution < 1.29 is 0 Å². The molecular formula is C17H18N4. The number of pyridine rings is 1. The van der Waals surface area contributed by atoms with E-state index in [4.69, 9.17) is 5.73 Å². The summed E-state index contributed by atoms with van der Waals surface area (Å²) in [6.45, 7) is 4.23. The number of hydrogen-bond acceptors (Lipinski definition) is 4. The van der Waals surface area contributed by atoms with Crippen LogP contribution in [-0.4, -0.2) is 15.0 Å². The van der Waals surface area contributed by atoms with Gasteiger partial charge in [-0.3, -0.25) is 4.98 Å². The van der Waals surface area contributed by atoms with E-state index in [9.17, 15) is 0 Å². The number of fused-ring (bicyclic) bond motifs is 1. The van der Waals surface area contributed by atoms with Crippen LogP contribution in [0.1, 0.15) is 36.6 Å². The zero-order chi connectivity index (χ0) is 14.8. The summed E-state index contributed by atoms with van der Waals surface area (Å²) in [5, 5.41) is 1.16. The first-order chi connectivity index (χ1) is 10.2. The van der Waals surface area contributed by atoms with Crippen molar-refractivity contribution in [2.75, 3.05) is 5.73 Å². The maximum atomic E-state index is 6.03. The highest BCUT2D eigenvalue weighted by Gasteiger charge is 2.14. The lowest BCUT2D eigenvalue weighted by molar-refractivity contribution is 0.822. The minimum Gasteiger partial charge on any atom is -0.383 e. The summed E-state index contributed by atoms with van der Waals surface area (Å²) < 4.78 is 0. The number of rotatable bonds is 3. The molecule has 0 bridgehead atoms. The summed E-state index contributed by atoms with van der Waals surface area (Å²) in [6.07, 6.45) is 4.13. The lowest BCUT2D eigenvalue weighted by Crippen LogP contribution is -2.07. The third-order valence-corrected chi connectivity index (χ3v) is 3.67. The van der Waals surface area contributed by atoms with Crippen molar-refractivity contribution in [3.63, 3.8) is 0 Å². The Morgan fingerprint density at radius 3 is 2.67 bits per heavy atom. The molecule has 106 valence electrons. The largest absolute Gasteiger partial charge is 0.383 e. The molecule has 3 aromatic rings. The summed E-state index contributed by atoms with van der Waals surface area (Å²) in [5.74, 6) is 0.877. The topological polar surface area (TPSA) is 64.7 Å². The van der Waals surface area contributed by atoms with Crippen LogP contribution in [-0.2, 0) is 6.42 Å². The van der Waals surface area contributed by atoms with Crippen LogP contribution < -0.4 is 5.73 Å². The monoisotopic (exact) mass is 278 g/mol. The van der Waals surface area contributed by atoms with Gasteiger partial charge >= 0.3 is 0 Å². The van der Waals surface area contributed by atoms with Crippen LogP contribution in [0.2, 0.25) is 0 Å². The summed E-state index contributed by atoms with van der Waals surface area (Å²) >= 11 is 0. The van der Waals surface area contributed by atoms with Gasteiger partial charge in [0.2, 0.25) is 0 Å². The van der Waals surface area contributed by atoms with Crippen molar-refractivity contribution in [3.05, 3.63) is 59.7 Å². The van der Waals surface area contributed by atoms with Gasteiger partial charge in [0.1, 0.15) is 12.1 Å². The fourth-order valence-electron chi connectivity index (χ4n) is 2.71. The molecule has 0 aliphatic carbocycles. The standard InChI is InChI=1S/C17H18N4/c1-11(2)16-15(20-10-21-17(16)18)9-12-7-8-19-14-6-4-3-5-13(12)14/h3-8,10-11H,9H2,1-2H3,(H2,18,20,21). The highest BCUT2D eigenvalue weighted by Crippen LogP contribution is 2.26. The Labute approximate surface area is 124 Å². The van der Waals surface area contributed by atoms with Gasteiger partial charge in [-0.1, -0.05) is 32.0 Å². The molecule has 0 atom stereocenters. The number of aromatic nitrogens is 3. The van der Waals surface area contributed by atoms with Crippen molar-refractivity contribution in [2.24, 2.45) is 0 Å². The Kier molecular flexibility index (Phi) is 3.52.